The Morgan fingerprint density at radius 1 is 1.30 bits per heavy atom. The second-order valence-corrected chi connectivity index (χ2v) is 6.25. The van der Waals surface area contributed by atoms with Gasteiger partial charge in [0.15, 0.2) is 0 Å². The molecule has 0 fully saturated rings. The van der Waals surface area contributed by atoms with Gasteiger partial charge in [-0.25, -0.2) is 9.78 Å². The predicted molar refractivity (Wildman–Crippen MR) is 93.2 cm³/mol. The number of anilines is 1. The summed E-state index contributed by atoms with van der Waals surface area (Å²) >= 11 is 1.75. The third-order valence-electron chi connectivity index (χ3n) is 3.00. The highest BCUT2D eigenvalue weighted by molar-refractivity contribution is 7.99. The lowest BCUT2D eigenvalue weighted by molar-refractivity contribution is 0.252. The average Bonchev–Trinajstić information content (AvgIpc) is 2.48. The zero-order valence-electron chi connectivity index (χ0n) is 13.2. The fourth-order valence-corrected chi connectivity index (χ4v) is 2.71. The van der Waals surface area contributed by atoms with Crippen molar-refractivity contribution in [3.63, 3.8) is 0 Å². The number of urea groups is 1. The molecule has 1 heterocycles. The van der Waals surface area contributed by atoms with Crippen LogP contribution < -0.4 is 16.2 Å². The Morgan fingerprint density at radius 2 is 2.04 bits per heavy atom. The zero-order chi connectivity index (χ0) is 16.7. The van der Waals surface area contributed by atoms with Crippen LogP contribution in [0.4, 0.5) is 10.5 Å². The molecule has 3 N–H and O–H groups in total. The summed E-state index contributed by atoms with van der Waals surface area (Å²) in [6.07, 6.45) is 0.504. The van der Waals surface area contributed by atoms with Crippen LogP contribution in [0.25, 0.3) is 0 Å². The van der Waals surface area contributed by atoms with Crippen LogP contribution in [0, 0.1) is 6.92 Å². The van der Waals surface area contributed by atoms with Crippen LogP contribution in [0.1, 0.15) is 18.4 Å². The first kappa shape index (κ1) is 17.1. The molecule has 23 heavy (non-hydrogen) atoms. The van der Waals surface area contributed by atoms with Gasteiger partial charge < -0.3 is 15.6 Å². The van der Waals surface area contributed by atoms with Gasteiger partial charge in [0.2, 0.25) is 0 Å². The molecule has 122 valence electrons. The number of H-pyrrole nitrogens is 1. The SMILES string of the molecule is CCSc1ccc(NC(=O)NCCc2cc(=O)[nH]c(C)n2)cc1. The van der Waals surface area contributed by atoms with Crippen molar-refractivity contribution in [3.05, 3.63) is 52.2 Å². The maximum atomic E-state index is 11.8. The number of hydrogen-bond donors (Lipinski definition) is 3. The summed E-state index contributed by atoms with van der Waals surface area (Å²) in [5, 5.41) is 5.52. The summed E-state index contributed by atoms with van der Waals surface area (Å²) in [6, 6.07) is 8.87. The first-order chi connectivity index (χ1) is 11.1. The van der Waals surface area contributed by atoms with E-state index in [-0.39, 0.29) is 11.6 Å². The number of aromatic nitrogens is 2. The highest BCUT2D eigenvalue weighted by atomic mass is 32.2. The summed E-state index contributed by atoms with van der Waals surface area (Å²) in [4.78, 5) is 31.1. The molecule has 1 aromatic heterocycles. The summed E-state index contributed by atoms with van der Waals surface area (Å²) in [5.74, 6) is 1.59. The number of aryl methyl sites for hydroxylation is 1. The topological polar surface area (TPSA) is 86.9 Å². The zero-order valence-corrected chi connectivity index (χ0v) is 14.0. The van der Waals surface area contributed by atoms with E-state index in [0.29, 0.717) is 24.5 Å². The van der Waals surface area contributed by atoms with E-state index in [1.54, 1.807) is 18.7 Å². The van der Waals surface area contributed by atoms with E-state index in [1.807, 2.05) is 24.3 Å². The molecule has 0 saturated carbocycles. The van der Waals surface area contributed by atoms with Crippen molar-refractivity contribution < 1.29 is 4.79 Å². The van der Waals surface area contributed by atoms with Crippen LogP contribution >= 0.6 is 11.8 Å². The number of thioether (sulfide) groups is 1. The number of carbonyl (C=O) groups is 1. The number of hydrogen-bond acceptors (Lipinski definition) is 4. The number of rotatable bonds is 6. The Morgan fingerprint density at radius 3 is 2.70 bits per heavy atom. The number of amides is 2. The van der Waals surface area contributed by atoms with E-state index in [2.05, 4.69) is 27.5 Å². The molecule has 2 amide bonds. The molecule has 2 rings (SSSR count). The Bertz CT molecular complexity index is 713. The van der Waals surface area contributed by atoms with Crippen molar-refractivity contribution in [2.45, 2.75) is 25.2 Å². The second kappa shape index (κ2) is 8.38. The molecule has 0 aliphatic carbocycles. The van der Waals surface area contributed by atoms with Crippen LogP contribution in [-0.2, 0) is 6.42 Å². The molecule has 0 radical (unpaired) electrons. The Labute approximate surface area is 139 Å². The molecule has 0 spiro atoms. The lowest BCUT2D eigenvalue weighted by Gasteiger charge is -2.08. The minimum Gasteiger partial charge on any atom is -0.337 e. The van der Waals surface area contributed by atoms with Crippen molar-refractivity contribution in [1.82, 2.24) is 15.3 Å². The Balaban J connectivity index is 1.79. The third-order valence-corrected chi connectivity index (χ3v) is 3.90. The first-order valence-electron chi connectivity index (χ1n) is 7.41. The van der Waals surface area contributed by atoms with Crippen molar-refractivity contribution in [1.29, 1.82) is 0 Å². The largest absolute Gasteiger partial charge is 0.337 e. The van der Waals surface area contributed by atoms with E-state index < -0.39 is 0 Å². The predicted octanol–water partition coefficient (Wildman–Crippen LogP) is 2.55. The van der Waals surface area contributed by atoms with Crippen molar-refractivity contribution in [3.8, 4) is 0 Å². The lowest BCUT2D eigenvalue weighted by Crippen LogP contribution is -2.30. The van der Waals surface area contributed by atoms with Crippen LogP contribution in [0.2, 0.25) is 0 Å². The van der Waals surface area contributed by atoms with Gasteiger partial charge in [-0.15, -0.1) is 11.8 Å². The van der Waals surface area contributed by atoms with Gasteiger partial charge in [0.25, 0.3) is 5.56 Å². The molecular formula is C16H20N4O2S. The van der Waals surface area contributed by atoms with Crippen LogP contribution in [-0.4, -0.2) is 28.3 Å². The molecule has 0 saturated heterocycles. The molecule has 0 aliphatic heterocycles. The molecule has 0 aliphatic rings. The fourth-order valence-electron chi connectivity index (χ4n) is 2.05. The maximum Gasteiger partial charge on any atom is 0.319 e. The van der Waals surface area contributed by atoms with E-state index in [1.165, 1.54) is 11.0 Å². The summed E-state index contributed by atoms with van der Waals surface area (Å²) in [7, 11) is 0. The molecule has 1 aromatic carbocycles. The highest BCUT2D eigenvalue weighted by Crippen LogP contribution is 2.19. The number of carbonyl (C=O) groups excluding carboxylic acids is 1. The summed E-state index contributed by atoms with van der Waals surface area (Å²) in [5.41, 5.74) is 1.22. The van der Waals surface area contributed by atoms with Crippen LogP contribution in [0.5, 0.6) is 0 Å². The van der Waals surface area contributed by atoms with E-state index in [0.717, 1.165) is 11.4 Å². The van der Waals surface area contributed by atoms with Gasteiger partial charge in [-0.3, -0.25) is 4.79 Å². The van der Waals surface area contributed by atoms with E-state index in [4.69, 9.17) is 0 Å². The summed E-state index contributed by atoms with van der Waals surface area (Å²) < 4.78 is 0. The molecular weight excluding hydrogens is 312 g/mol. The normalized spacial score (nSPS) is 10.3. The number of nitrogens with one attached hydrogen (secondary N) is 3. The van der Waals surface area contributed by atoms with Crippen molar-refractivity contribution in [2.75, 3.05) is 17.6 Å². The Hall–Kier alpha value is -2.28. The minimum absolute atomic E-state index is 0.179. The molecule has 0 bridgehead atoms. The monoisotopic (exact) mass is 332 g/mol. The number of nitrogens with zero attached hydrogens (tertiary/aromatic N) is 1. The lowest BCUT2D eigenvalue weighted by atomic mass is 10.3. The molecule has 2 aromatic rings. The molecule has 0 unspecified atom stereocenters. The maximum absolute atomic E-state index is 11.8. The van der Waals surface area contributed by atoms with Crippen LogP contribution in [0.15, 0.2) is 40.0 Å². The van der Waals surface area contributed by atoms with Gasteiger partial charge in [-0.2, -0.15) is 0 Å². The molecule has 6 nitrogen and oxygen atoms in total. The minimum atomic E-state index is -0.276. The van der Waals surface area contributed by atoms with Gasteiger partial charge in [0.1, 0.15) is 5.82 Å². The summed E-state index contributed by atoms with van der Waals surface area (Å²) in [6.45, 7) is 4.23. The highest BCUT2D eigenvalue weighted by Gasteiger charge is 2.03. The fraction of sp³-hybridized carbons (Fsp3) is 0.312. The van der Waals surface area contributed by atoms with Crippen LogP contribution in [0.3, 0.4) is 0 Å². The number of benzene rings is 1. The first-order valence-corrected chi connectivity index (χ1v) is 8.40. The average molecular weight is 332 g/mol. The Kier molecular flexibility index (Phi) is 6.22. The third kappa shape index (κ3) is 5.78. The van der Waals surface area contributed by atoms with Gasteiger partial charge in [-0.1, -0.05) is 6.92 Å². The van der Waals surface area contributed by atoms with Gasteiger partial charge in [0.05, 0.1) is 0 Å². The van der Waals surface area contributed by atoms with Gasteiger partial charge >= 0.3 is 6.03 Å². The van der Waals surface area contributed by atoms with Gasteiger partial charge in [-0.05, 0) is 36.9 Å². The molecule has 7 heteroatoms. The standard InChI is InChI=1S/C16H20N4O2S/c1-3-23-14-6-4-12(5-7-14)20-16(22)17-9-8-13-10-15(21)19-11(2)18-13/h4-7,10H,3,8-9H2,1-2H3,(H2,17,20,22)(H,18,19,21). The number of aromatic amines is 1. The second-order valence-electron chi connectivity index (χ2n) is 4.91. The quantitative estimate of drug-likeness (QED) is 0.710. The smallest absolute Gasteiger partial charge is 0.319 e. The van der Waals surface area contributed by atoms with Crippen molar-refractivity contribution >= 4 is 23.5 Å². The molecule has 0 atom stereocenters. The van der Waals surface area contributed by atoms with Gasteiger partial charge in [0, 0.05) is 35.3 Å². The van der Waals surface area contributed by atoms with E-state index >= 15 is 0 Å². The van der Waals surface area contributed by atoms with Crippen molar-refractivity contribution in [2.24, 2.45) is 0 Å². The van der Waals surface area contributed by atoms with E-state index in [9.17, 15) is 9.59 Å².